The number of rotatable bonds is 6. The van der Waals surface area contributed by atoms with Gasteiger partial charge in [0.25, 0.3) is 5.91 Å². The molecule has 0 radical (unpaired) electrons. The molecule has 1 saturated heterocycles. The number of benzene rings is 1. The van der Waals surface area contributed by atoms with E-state index in [-0.39, 0.29) is 17.5 Å². The van der Waals surface area contributed by atoms with Crippen LogP contribution in [-0.2, 0) is 16.7 Å². The summed E-state index contributed by atoms with van der Waals surface area (Å²) in [5.74, 6) is 0.333. The highest BCUT2D eigenvalue weighted by Gasteiger charge is 2.37. The van der Waals surface area contributed by atoms with E-state index in [4.69, 9.17) is 9.15 Å². The van der Waals surface area contributed by atoms with Crippen molar-refractivity contribution in [2.75, 3.05) is 19.8 Å². The van der Waals surface area contributed by atoms with Crippen molar-refractivity contribution in [2.45, 2.75) is 38.6 Å². The van der Waals surface area contributed by atoms with E-state index in [9.17, 15) is 9.18 Å². The largest absolute Gasteiger partial charge is 0.454 e. The molecule has 1 aromatic carbocycles. The Kier molecular flexibility index (Phi) is 5.72. The lowest BCUT2D eigenvalue weighted by Crippen LogP contribution is -2.45. The number of aryl methyl sites for hydroxylation is 2. The van der Waals surface area contributed by atoms with Gasteiger partial charge in [0.2, 0.25) is 0 Å². The number of halogens is 1. The minimum absolute atomic E-state index is 0.238. The van der Waals surface area contributed by atoms with E-state index in [1.54, 1.807) is 24.3 Å². The molecule has 3 aromatic rings. The fraction of sp³-hybridized carbons (Fsp3) is 0.391. The van der Waals surface area contributed by atoms with Crippen LogP contribution in [0.25, 0.3) is 0 Å². The topological polar surface area (TPSA) is 69.3 Å². The molecule has 4 rings (SSSR count). The minimum Gasteiger partial charge on any atom is -0.454 e. The molecule has 1 aliphatic heterocycles. The van der Waals surface area contributed by atoms with E-state index in [1.807, 2.05) is 30.7 Å². The van der Waals surface area contributed by atoms with Gasteiger partial charge in [-0.05, 0) is 56.5 Å². The number of nitrogens with zero attached hydrogens (tertiary/aromatic N) is 2. The van der Waals surface area contributed by atoms with Crippen molar-refractivity contribution >= 4 is 5.91 Å². The van der Waals surface area contributed by atoms with Gasteiger partial charge in [-0.3, -0.25) is 9.48 Å². The monoisotopic (exact) mass is 411 g/mol. The SMILES string of the molecule is Cc1cc(C)n(Cc2ccc(C(=O)NCC3(c4ccccc4F)CCOCC3)o2)n1. The molecule has 1 amide bonds. The highest BCUT2D eigenvalue weighted by molar-refractivity contribution is 5.91. The van der Waals surface area contributed by atoms with E-state index in [0.29, 0.717) is 50.5 Å². The molecule has 0 aliphatic carbocycles. The summed E-state index contributed by atoms with van der Waals surface area (Å²) in [5.41, 5.74) is 2.10. The molecule has 0 bridgehead atoms. The molecule has 3 heterocycles. The summed E-state index contributed by atoms with van der Waals surface area (Å²) in [4.78, 5) is 12.7. The smallest absolute Gasteiger partial charge is 0.287 e. The van der Waals surface area contributed by atoms with Crippen LogP contribution in [0.4, 0.5) is 4.39 Å². The van der Waals surface area contributed by atoms with E-state index < -0.39 is 5.41 Å². The second-order valence-electron chi connectivity index (χ2n) is 7.91. The van der Waals surface area contributed by atoms with Crippen molar-refractivity contribution in [1.29, 1.82) is 0 Å². The Labute approximate surface area is 175 Å². The van der Waals surface area contributed by atoms with Gasteiger partial charge in [0.15, 0.2) is 5.76 Å². The van der Waals surface area contributed by atoms with Crippen LogP contribution in [-0.4, -0.2) is 35.4 Å². The van der Waals surface area contributed by atoms with Crippen LogP contribution in [0.15, 0.2) is 46.9 Å². The zero-order valence-electron chi connectivity index (χ0n) is 17.3. The molecule has 0 atom stereocenters. The molecule has 1 N–H and O–H groups in total. The van der Waals surface area contributed by atoms with Crippen molar-refractivity contribution in [1.82, 2.24) is 15.1 Å². The molecule has 0 unspecified atom stereocenters. The van der Waals surface area contributed by atoms with Crippen molar-refractivity contribution in [2.24, 2.45) is 0 Å². The summed E-state index contributed by atoms with van der Waals surface area (Å²) >= 11 is 0. The average Bonchev–Trinajstić information content (AvgIpc) is 3.33. The van der Waals surface area contributed by atoms with Gasteiger partial charge in [0.1, 0.15) is 11.6 Å². The molecule has 1 fully saturated rings. The second kappa shape index (κ2) is 8.44. The van der Waals surface area contributed by atoms with Gasteiger partial charge in [-0.1, -0.05) is 18.2 Å². The maximum atomic E-state index is 14.5. The van der Waals surface area contributed by atoms with Gasteiger partial charge in [0.05, 0.1) is 12.2 Å². The number of nitrogens with one attached hydrogen (secondary N) is 1. The normalized spacial score (nSPS) is 15.8. The first-order valence-corrected chi connectivity index (χ1v) is 10.2. The zero-order chi connectivity index (χ0) is 21.1. The van der Waals surface area contributed by atoms with Crippen LogP contribution in [0.2, 0.25) is 0 Å². The standard InChI is InChI=1S/C23H26FN3O3/c1-16-13-17(2)27(26-16)14-18-7-8-21(30-18)22(28)25-15-23(9-11-29-12-10-23)19-5-3-4-6-20(19)24/h3-8,13H,9-12,14-15H2,1-2H3,(H,25,28). The third-order valence-corrected chi connectivity index (χ3v) is 5.78. The first kappa shape index (κ1) is 20.3. The van der Waals surface area contributed by atoms with Crippen molar-refractivity contribution in [3.05, 3.63) is 76.8 Å². The van der Waals surface area contributed by atoms with Crippen LogP contribution in [0.3, 0.4) is 0 Å². The maximum absolute atomic E-state index is 14.5. The van der Waals surface area contributed by atoms with Gasteiger partial charge >= 0.3 is 0 Å². The maximum Gasteiger partial charge on any atom is 0.287 e. The third kappa shape index (κ3) is 4.16. The molecule has 1 aliphatic rings. The number of aromatic nitrogens is 2. The number of carbonyl (C=O) groups is 1. The first-order valence-electron chi connectivity index (χ1n) is 10.2. The molecule has 0 saturated carbocycles. The van der Waals surface area contributed by atoms with Gasteiger partial charge in [-0.15, -0.1) is 0 Å². The summed E-state index contributed by atoms with van der Waals surface area (Å²) in [6.45, 7) is 5.78. The summed E-state index contributed by atoms with van der Waals surface area (Å²) in [5, 5.41) is 7.37. The summed E-state index contributed by atoms with van der Waals surface area (Å²) in [6.07, 6.45) is 1.30. The summed E-state index contributed by atoms with van der Waals surface area (Å²) < 4.78 is 27.6. The van der Waals surface area contributed by atoms with Crippen LogP contribution in [0, 0.1) is 19.7 Å². The third-order valence-electron chi connectivity index (χ3n) is 5.78. The van der Waals surface area contributed by atoms with Crippen LogP contribution in [0.1, 0.15) is 46.1 Å². The Morgan fingerprint density at radius 2 is 1.97 bits per heavy atom. The Morgan fingerprint density at radius 3 is 2.67 bits per heavy atom. The fourth-order valence-electron chi connectivity index (χ4n) is 4.10. The Bertz CT molecular complexity index is 1030. The molecule has 158 valence electrons. The molecule has 0 spiro atoms. The first-order chi connectivity index (χ1) is 14.5. The molecule has 6 nitrogen and oxygen atoms in total. The lowest BCUT2D eigenvalue weighted by molar-refractivity contribution is 0.0472. The van der Waals surface area contributed by atoms with Gasteiger partial charge in [-0.2, -0.15) is 5.10 Å². The molecule has 30 heavy (non-hydrogen) atoms. The number of carbonyl (C=O) groups excluding carboxylic acids is 1. The minimum atomic E-state index is -0.488. The molecular weight excluding hydrogens is 385 g/mol. The average molecular weight is 411 g/mol. The number of furan rings is 1. The van der Waals surface area contributed by atoms with E-state index in [2.05, 4.69) is 10.4 Å². The highest BCUT2D eigenvalue weighted by Crippen LogP contribution is 2.35. The summed E-state index contributed by atoms with van der Waals surface area (Å²) in [7, 11) is 0. The molecule has 7 heteroatoms. The van der Waals surface area contributed by atoms with Gasteiger partial charge in [-0.25, -0.2) is 4.39 Å². The number of hydrogen-bond acceptors (Lipinski definition) is 4. The fourth-order valence-corrected chi connectivity index (χ4v) is 4.10. The quantitative estimate of drug-likeness (QED) is 0.671. The van der Waals surface area contributed by atoms with Gasteiger partial charge < -0.3 is 14.5 Å². The summed E-state index contributed by atoms with van der Waals surface area (Å²) in [6, 6.07) is 12.2. The number of amides is 1. The zero-order valence-corrected chi connectivity index (χ0v) is 17.3. The van der Waals surface area contributed by atoms with Crippen LogP contribution < -0.4 is 5.32 Å². The Balaban J connectivity index is 1.46. The molecular formula is C23H26FN3O3. The Hall–Kier alpha value is -2.93. The van der Waals surface area contributed by atoms with E-state index in [1.165, 1.54) is 6.07 Å². The Morgan fingerprint density at radius 1 is 1.20 bits per heavy atom. The number of hydrogen-bond donors (Lipinski definition) is 1. The van der Waals surface area contributed by atoms with Crippen LogP contribution in [0.5, 0.6) is 0 Å². The second-order valence-corrected chi connectivity index (χ2v) is 7.91. The van der Waals surface area contributed by atoms with Crippen molar-refractivity contribution in [3.63, 3.8) is 0 Å². The number of ether oxygens (including phenoxy) is 1. The lowest BCUT2D eigenvalue weighted by atomic mass is 9.74. The molecule has 2 aromatic heterocycles. The van der Waals surface area contributed by atoms with Crippen molar-refractivity contribution < 1.29 is 18.3 Å². The predicted molar refractivity (Wildman–Crippen MR) is 110 cm³/mol. The van der Waals surface area contributed by atoms with E-state index in [0.717, 1.165) is 11.4 Å². The van der Waals surface area contributed by atoms with E-state index >= 15 is 0 Å². The van der Waals surface area contributed by atoms with Crippen molar-refractivity contribution in [3.8, 4) is 0 Å². The van der Waals surface area contributed by atoms with Gasteiger partial charge in [0, 0.05) is 30.9 Å². The van der Waals surface area contributed by atoms with Crippen LogP contribution >= 0.6 is 0 Å². The lowest BCUT2D eigenvalue weighted by Gasteiger charge is -2.38. The predicted octanol–water partition coefficient (Wildman–Crippen LogP) is 3.76. The highest BCUT2D eigenvalue weighted by atomic mass is 19.1.